The molecule has 0 radical (unpaired) electrons. The normalized spacial score (nSPS) is 16.2. The summed E-state index contributed by atoms with van der Waals surface area (Å²) < 4.78 is 60.3. The molecule has 5 rings (SSSR count). The van der Waals surface area contributed by atoms with Gasteiger partial charge < -0.3 is 24.7 Å². The lowest BCUT2D eigenvalue weighted by Gasteiger charge is -2.36. The third-order valence-corrected chi connectivity index (χ3v) is 5.97. The number of anilines is 1. The largest absolute Gasteiger partial charge is 0.417 e. The van der Waals surface area contributed by atoms with E-state index < -0.39 is 28.9 Å². The first-order valence-corrected chi connectivity index (χ1v) is 10.8. The van der Waals surface area contributed by atoms with Crippen molar-refractivity contribution in [3.8, 4) is 11.5 Å². The molecule has 2 aromatic carbocycles. The van der Waals surface area contributed by atoms with Crippen LogP contribution in [0, 0.1) is 5.82 Å². The number of ether oxygens (including phenoxy) is 1. The zero-order chi connectivity index (χ0) is 24.7. The molecule has 1 saturated heterocycles. The lowest BCUT2D eigenvalue weighted by Crippen LogP contribution is -2.47. The van der Waals surface area contributed by atoms with E-state index in [0.717, 1.165) is 12.1 Å². The fourth-order valence-corrected chi connectivity index (χ4v) is 4.25. The first-order valence-electron chi connectivity index (χ1n) is 10.8. The first-order chi connectivity index (χ1) is 16.8. The van der Waals surface area contributed by atoms with Crippen LogP contribution in [-0.4, -0.2) is 58.2 Å². The number of aromatic nitrogens is 3. The van der Waals surface area contributed by atoms with Crippen LogP contribution in [0.25, 0.3) is 22.6 Å². The smallest absolute Gasteiger partial charge is 0.394 e. The number of benzene rings is 2. The van der Waals surface area contributed by atoms with Gasteiger partial charge in [0.05, 0.1) is 42.6 Å². The van der Waals surface area contributed by atoms with E-state index in [2.05, 4.69) is 15.0 Å². The number of alkyl halides is 3. The number of aliphatic hydroxyl groups is 1. The van der Waals surface area contributed by atoms with E-state index in [1.54, 1.807) is 6.07 Å². The van der Waals surface area contributed by atoms with Crippen molar-refractivity contribution in [2.45, 2.75) is 12.2 Å². The van der Waals surface area contributed by atoms with Crippen LogP contribution >= 0.6 is 12.4 Å². The number of imidazole rings is 1. The standard InChI is InChI=1S/C24H20F4N4O3.ClH/c25-18-8-14(32-5-6-35-12-15(32)11-33)9-19-21(18)31-23(30-19)20-7-13(10-29-20)22(34)16-3-1-2-4-17(16)24(26,27)28;/h1-4,7-10,15,29,33H,5-6,11-12H2,(H,30,31);1H/t15-;/m0./s1. The first kappa shape index (κ1) is 25.7. The predicted octanol–water partition coefficient (Wildman–Crippen LogP) is 4.57. The molecular formula is C24H21ClF4N4O3. The van der Waals surface area contributed by atoms with Gasteiger partial charge in [0.1, 0.15) is 5.52 Å². The maximum Gasteiger partial charge on any atom is 0.417 e. The van der Waals surface area contributed by atoms with Gasteiger partial charge in [-0.2, -0.15) is 13.2 Å². The van der Waals surface area contributed by atoms with Gasteiger partial charge in [-0.1, -0.05) is 18.2 Å². The SMILES string of the molecule is Cl.O=C(c1c[nH]c(-c2nc3c(F)cc(N4CCOC[C@@H]4CO)cc3[nH]2)c1)c1ccccc1C(F)(F)F. The van der Waals surface area contributed by atoms with E-state index in [9.17, 15) is 27.5 Å². The maximum atomic E-state index is 14.9. The van der Waals surface area contributed by atoms with Crippen molar-refractivity contribution >= 4 is 34.9 Å². The lowest BCUT2D eigenvalue weighted by molar-refractivity contribution is -0.137. The van der Waals surface area contributed by atoms with Gasteiger partial charge >= 0.3 is 6.18 Å². The Labute approximate surface area is 208 Å². The molecule has 1 aliphatic heterocycles. The molecule has 36 heavy (non-hydrogen) atoms. The molecule has 2 aromatic heterocycles. The number of hydrogen-bond donors (Lipinski definition) is 3. The van der Waals surface area contributed by atoms with Crippen LogP contribution in [0.1, 0.15) is 21.5 Å². The molecule has 1 atom stereocenters. The van der Waals surface area contributed by atoms with Crippen LogP contribution in [-0.2, 0) is 10.9 Å². The Hall–Kier alpha value is -3.41. The molecule has 0 amide bonds. The second kappa shape index (κ2) is 9.92. The van der Waals surface area contributed by atoms with Crippen LogP contribution in [0.3, 0.4) is 0 Å². The van der Waals surface area contributed by atoms with Gasteiger partial charge in [0.2, 0.25) is 0 Å². The Kier molecular flexibility index (Phi) is 7.07. The highest BCUT2D eigenvalue weighted by Crippen LogP contribution is 2.33. The van der Waals surface area contributed by atoms with E-state index in [0.29, 0.717) is 36.7 Å². The van der Waals surface area contributed by atoms with Crippen molar-refractivity contribution in [2.75, 3.05) is 31.3 Å². The Morgan fingerprint density at radius 2 is 2.00 bits per heavy atom. The number of morpholine rings is 1. The quantitative estimate of drug-likeness (QED) is 0.263. The predicted molar refractivity (Wildman–Crippen MR) is 127 cm³/mol. The number of H-pyrrole nitrogens is 2. The molecule has 0 saturated carbocycles. The highest BCUT2D eigenvalue weighted by atomic mass is 35.5. The van der Waals surface area contributed by atoms with Gasteiger partial charge in [-0.05, 0) is 24.3 Å². The summed E-state index contributed by atoms with van der Waals surface area (Å²) in [6.07, 6.45) is -3.38. The minimum absolute atomic E-state index is 0. The van der Waals surface area contributed by atoms with E-state index in [4.69, 9.17) is 4.74 Å². The lowest BCUT2D eigenvalue weighted by atomic mass is 9.99. The molecule has 4 aromatic rings. The molecular weight excluding hydrogens is 504 g/mol. The van der Waals surface area contributed by atoms with Crippen LogP contribution in [0.15, 0.2) is 48.7 Å². The number of nitrogens with zero attached hydrogens (tertiary/aromatic N) is 2. The molecule has 7 nitrogen and oxygen atoms in total. The van der Waals surface area contributed by atoms with Crippen molar-refractivity contribution in [1.29, 1.82) is 0 Å². The zero-order valence-corrected chi connectivity index (χ0v) is 19.4. The fourth-order valence-electron chi connectivity index (χ4n) is 4.25. The molecule has 0 unspecified atom stereocenters. The highest BCUT2D eigenvalue weighted by molar-refractivity contribution is 6.10. The summed E-state index contributed by atoms with van der Waals surface area (Å²) in [5, 5.41) is 9.62. The second-order valence-electron chi connectivity index (χ2n) is 8.19. The number of fused-ring (bicyclic) bond motifs is 1. The van der Waals surface area contributed by atoms with E-state index in [1.165, 1.54) is 30.5 Å². The van der Waals surface area contributed by atoms with Gasteiger partial charge in [-0.25, -0.2) is 9.37 Å². The summed E-state index contributed by atoms with van der Waals surface area (Å²) in [5.74, 6) is -1.16. The molecule has 1 aliphatic rings. The van der Waals surface area contributed by atoms with Gasteiger partial charge in [-0.3, -0.25) is 4.79 Å². The Morgan fingerprint density at radius 3 is 2.75 bits per heavy atom. The van der Waals surface area contributed by atoms with E-state index >= 15 is 0 Å². The zero-order valence-electron chi connectivity index (χ0n) is 18.6. The number of rotatable bonds is 5. The van der Waals surface area contributed by atoms with Gasteiger partial charge in [0, 0.05) is 29.6 Å². The summed E-state index contributed by atoms with van der Waals surface area (Å²) in [4.78, 5) is 24.8. The van der Waals surface area contributed by atoms with Crippen LogP contribution in [0.4, 0.5) is 23.2 Å². The molecule has 0 aliphatic carbocycles. The van der Waals surface area contributed by atoms with Crippen molar-refractivity contribution in [3.05, 3.63) is 71.2 Å². The van der Waals surface area contributed by atoms with Crippen molar-refractivity contribution in [1.82, 2.24) is 15.0 Å². The van der Waals surface area contributed by atoms with Gasteiger partial charge in [0.25, 0.3) is 0 Å². The average Bonchev–Trinajstić information content (AvgIpc) is 3.51. The molecule has 3 N–H and O–H groups in total. The summed E-state index contributed by atoms with van der Waals surface area (Å²) >= 11 is 0. The van der Waals surface area contributed by atoms with Gasteiger partial charge in [-0.15, -0.1) is 12.4 Å². The summed E-state index contributed by atoms with van der Waals surface area (Å²) in [6, 6.07) is 8.67. The molecule has 190 valence electrons. The second-order valence-corrected chi connectivity index (χ2v) is 8.19. The topological polar surface area (TPSA) is 94.2 Å². The molecule has 1 fully saturated rings. The maximum absolute atomic E-state index is 14.9. The minimum atomic E-state index is -4.67. The number of ketones is 1. The van der Waals surface area contributed by atoms with Crippen molar-refractivity contribution in [3.63, 3.8) is 0 Å². The number of aromatic amines is 2. The van der Waals surface area contributed by atoms with Crippen molar-refractivity contribution < 1.29 is 32.2 Å². The molecule has 0 spiro atoms. The number of nitrogens with one attached hydrogen (secondary N) is 2. The third kappa shape index (κ3) is 4.69. The van der Waals surface area contributed by atoms with E-state index in [1.807, 2.05) is 4.90 Å². The Balaban J connectivity index is 0.00000304. The van der Waals surface area contributed by atoms with Crippen molar-refractivity contribution in [2.24, 2.45) is 0 Å². The number of carbonyl (C=O) groups excluding carboxylic acids is 1. The number of hydrogen-bond acceptors (Lipinski definition) is 5. The summed E-state index contributed by atoms with van der Waals surface area (Å²) in [6.45, 7) is 1.10. The Bertz CT molecular complexity index is 1400. The van der Waals surface area contributed by atoms with Crippen LogP contribution in [0.5, 0.6) is 0 Å². The summed E-state index contributed by atoms with van der Waals surface area (Å²) in [7, 11) is 0. The fraction of sp³-hybridized carbons (Fsp3) is 0.250. The van der Waals surface area contributed by atoms with Gasteiger partial charge in [0.15, 0.2) is 17.4 Å². The number of carbonyl (C=O) groups is 1. The minimum Gasteiger partial charge on any atom is -0.394 e. The highest BCUT2D eigenvalue weighted by Gasteiger charge is 2.35. The Morgan fingerprint density at radius 1 is 1.22 bits per heavy atom. The summed E-state index contributed by atoms with van der Waals surface area (Å²) in [5.41, 5.74) is -0.138. The molecule has 3 heterocycles. The average molecular weight is 525 g/mol. The molecule has 0 bridgehead atoms. The monoisotopic (exact) mass is 524 g/mol. The number of aliphatic hydroxyl groups excluding tert-OH is 1. The van der Waals surface area contributed by atoms with Crippen LogP contribution < -0.4 is 4.90 Å². The molecule has 12 heteroatoms. The van der Waals surface area contributed by atoms with E-state index in [-0.39, 0.29) is 42.0 Å². The number of halogens is 5. The van der Waals surface area contributed by atoms with Crippen LogP contribution in [0.2, 0.25) is 0 Å². The third-order valence-electron chi connectivity index (χ3n) is 5.97.